The second-order valence-electron chi connectivity index (χ2n) is 7.01. The van der Waals surface area contributed by atoms with Gasteiger partial charge in [0.15, 0.2) is 0 Å². The zero-order valence-electron chi connectivity index (χ0n) is 14.2. The summed E-state index contributed by atoms with van der Waals surface area (Å²) in [6.07, 6.45) is 2.17. The van der Waals surface area contributed by atoms with Crippen LogP contribution in [-0.2, 0) is 9.53 Å². The van der Waals surface area contributed by atoms with Gasteiger partial charge in [-0.25, -0.2) is 4.79 Å². The van der Waals surface area contributed by atoms with Gasteiger partial charge in [-0.2, -0.15) is 0 Å². The maximum atomic E-state index is 12.4. The van der Waals surface area contributed by atoms with Gasteiger partial charge in [0.2, 0.25) is 5.91 Å². The van der Waals surface area contributed by atoms with E-state index >= 15 is 0 Å². The van der Waals surface area contributed by atoms with Gasteiger partial charge in [-0.15, -0.1) is 0 Å². The molecule has 2 amide bonds. The van der Waals surface area contributed by atoms with Gasteiger partial charge in [0.05, 0.1) is 0 Å². The molecule has 21 heavy (non-hydrogen) atoms. The van der Waals surface area contributed by atoms with Crippen molar-refractivity contribution in [1.82, 2.24) is 10.2 Å². The van der Waals surface area contributed by atoms with Crippen molar-refractivity contribution in [2.24, 2.45) is 5.92 Å². The van der Waals surface area contributed by atoms with E-state index in [0.717, 1.165) is 12.8 Å². The van der Waals surface area contributed by atoms with Crippen LogP contribution in [0.4, 0.5) is 4.79 Å². The van der Waals surface area contributed by atoms with Gasteiger partial charge in [-0.05, 0) is 46.5 Å². The van der Waals surface area contributed by atoms with Crippen LogP contribution in [0.15, 0.2) is 0 Å². The average Bonchev–Trinajstić information content (AvgIpc) is 2.84. The Balaban J connectivity index is 2.64. The third-order valence-corrected chi connectivity index (χ3v) is 4.05. The minimum atomic E-state index is -0.537. The molecule has 5 heteroatoms. The van der Waals surface area contributed by atoms with Gasteiger partial charge in [-0.3, -0.25) is 9.69 Å². The molecule has 0 aromatic carbocycles. The number of ether oxygens (including phenoxy) is 1. The molecular formula is C16H30N2O3. The molecule has 0 bridgehead atoms. The van der Waals surface area contributed by atoms with Crippen LogP contribution in [0.1, 0.15) is 60.8 Å². The van der Waals surface area contributed by atoms with Crippen molar-refractivity contribution in [2.75, 3.05) is 6.54 Å². The molecule has 1 aliphatic rings. The molecule has 3 atom stereocenters. The van der Waals surface area contributed by atoms with E-state index < -0.39 is 17.7 Å². The molecule has 1 N–H and O–H groups in total. The van der Waals surface area contributed by atoms with E-state index in [1.165, 1.54) is 0 Å². The van der Waals surface area contributed by atoms with Gasteiger partial charge >= 0.3 is 6.09 Å². The molecule has 1 rings (SSSR count). The minimum absolute atomic E-state index is 0.0637. The molecular weight excluding hydrogens is 268 g/mol. The number of hydrogen-bond donors (Lipinski definition) is 1. The highest BCUT2D eigenvalue weighted by molar-refractivity contribution is 5.86. The largest absolute Gasteiger partial charge is 0.444 e. The van der Waals surface area contributed by atoms with Gasteiger partial charge in [0.1, 0.15) is 11.6 Å². The SMILES string of the molecule is CCC(C)C(C)NC(=O)C1CCCN1C(=O)OC(C)(C)C. The third kappa shape index (κ3) is 5.21. The molecule has 0 radical (unpaired) electrons. The molecule has 1 saturated heterocycles. The lowest BCUT2D eigenvalue weighted by atomic mass is 10.0. The van der Waals surface area contributed by atoms with Gasteiger partial charge in [0.25, 0.3) is 0 Å². The summed E-state index contributed by atoms with van der Waals surface area (Å²) in [7, 11) is 0. The maximum absolute atomic E-state index is 12.4. The Morgan fingerprint density at radius 1 is 1.33 bits per heavy atom. The van der Waals surface area contributed by atoms with Crippen molar-refractivity contribution in [1.29, 1.82) is 0 Å². The molecule has 0 aromatic heterocycles. The molecule has 0 saturated carbocycles. The van der Waals surface area contributed by atoms with Crippen LogP contribution >= 0.6 is 0 Å². The number of nitrogens with zero attached hydrogens (tertiary/aromatic N) is 1. The fourth-order valence-electron chi connectivity index (χ4n) is 2.39. The zero-order valence-corrected chi connectivity index (χ0v) is 14.2. The molecule has 3 unspecified atom stereocenters. The highest BCUT2D eigenvalue weighted by Gasteiger charge is 2.37. The van der Waals surface area contributed by atoms with Crippen molar-refractivity contribution in [3.05, 3.63) is 0 Å². The summed E-state index contributed by atoms with van der Waals surface area (Å²) < 4.78 is 5.38. The van der Waals surface area contributed by atoms with Crippen LogP contribution in [0.2, 0.25) is 0 Å². The zero-order chi connectivity index (χ0) is 16.2. The second kappa shape index (κ2) is 7.14. The first-order valence-electron chi connectivity index (χ1n) is 7.95. The highest BCUT2D eigenvalue weighted by atomic mass is 16.6. The van der Waals surface area contributed by atoms with E-state index in [1.807, 2.05) is 27.7 Å². The summed E-state index contributed by atoms with van der Waals surface area (Å²) in [5, 5.41) is 3.03. The standard InChI is InChI=1S/C16H30N2O3/c1-7-11(2)12(3)17-14(19)13-9-8-10-18(13)15(20)21-16(4,5)6/h11-13H,7-10H2,1-6H3,(H,17,19). The van der Waals surface area contributed by atoms with Crippen molar-refractivity contribution >= 4 is 12.0 Å². The Morgan fingerprint density at radius 3 is 2.48 bits per heavy atom. The van der Waals surface area contributed by atoms with Gasteiger partial charge in [-0.1, -0.05) is 20.3 Å². The Labute approximate surface area is 128 Å². The highest BCUT2D eigenvalue weighted by Crippen LogP contribution is 2.21. The number of amides is 2. The smallest absolute Gasteiger partial charge is 0.410 e. The van der Waals surface area contributed by atoms with Crippen molar-refractivity contribution in [2.45, 2.75) is 78.5 Å². The molecule has 0 aliphatic carbocycles. The molecule has 122 valence electrons. The van der Waals surface area contributed by atoms with E-state index in [-0.39, 0.29) is 11.9 Å². The summed E-state index contributed by atoms with van der Waals surface area (Å²) in [5.41, 5.74) is -0.537. The third-order valence-electron chi connectivity index (χ3n) is 4.05. The summed E-state index contributed by atoms with van der Waals surface area (Å²) in [5.74, 6) is 0.358. The van der Waals surface area contributed by atoms with Crippen LogP contribution in [0.25, 0.3) is 0 Å². The van der Waals surface area contributed by atoms with Crippen LogP contribution in [-0.4, -0.2) is 41.1 Å². The number of rotatable bonds is 4. The lowest BCUT2D eigenvalue weighted by Crippen LogP contribution is -2.50. The second-order valence-corrected chi connectivity index (χ2v) is 7.01. The van der Waals surface area contributed by atoms with E-state index in [9.17, 15) is 9.59 Å². The van der Waals surface area contributed by atoms with E-state index in [0.29, 0.717) is 18.9 Å². The molecule has 0 spiro atoms. The molecule has 1 aliphatic heterocycles. The predicted octanol–water partition coefficient (Wildman–Crippen LogP) is 2.94. The number of hydrogen-bond acceptors (Lipinski definition) is 3. The maximum Gasteiger partial charge on any atom is 0.410 e. The molecule has 1 fully saturated rings. The number of carbonyl (C=O) groups is 2. The monoisotopic (exact) mass is 298 g/mol. The first-order valence-corrected chi connectivity index (χ1v) is 7.95. The number of carbonyl (C=O) groups excluding carboxylic acids is 2. The van der Waals surface area contributed by atoms with E-state index in [4.69, 9.17) is 4.74 Å². The van der Waals surface area contributed by atoms with Crippen molar-refractivity contribution in [3.63, 3.8) is 0 Å². The summed E-state index contributed by atoms with van der Waals surface area (Å²) in [6.45, 7) is 12.3. The Bertz CT molecular complexity index is 376. The fourth-order valence-corrected chi connectivity index (χ4v) is 2.39. The number of nitrogens with one attached hydrogen (secondary N) is 1. The topological polar surface area (TPSA) is 58.6 Å². The lowest BCUT2D eigenvalue weighted by molar-refractivity contribution is -0.126. The minimum Gasteiger partial charge on any atom is -0.444 e. The van der Waals surface area contributed by atoms with Crippen LogP contribution in [0.3, 0.4) is 0 Å². The van der Waals surface area contributed by atoms with Crippen LogP contribution in [0.5, 0.6) is 0 Å². The van der Waals surface area contributed by atoms with Crippen molar-refractivity contribution in [3.8, 4) is 0 Å². The van der Waals surface area contributed by atoms with Crippen LogP contribution in [0, 0.1) is 5.92 Å². The fraction of sp³-hybridized carbons (Fsp3) is 0.875. The van der Waals surface area contributed by atoms with Crippen LogP contribution < -0.4 is 5.32 Å². The predicted molar refractivity (Wildman–Crippen MR) is 83.0 cm³/mol. The first-order chi connectivity index (χ1) is 9.65. The first kappa shape index (κ1) is 17.8. The molecule has 0 aromatic rings. The summed E-state index contributed by atoms with van der Waals surface area (Å²) >= 11 is 0. The van der Waals surface area contributed by atoms with E-state index in [1.54, 1.807) is 4.90 Å². The summed E-state index contributed by atoms with van der Waals surface area (Å²) in [6, 6.07) is -0.282. The Morgan fingerprint density at radius 2 is 1.95 bits per heavy atom. The lowest BCUT2D eigenvalue weighted by Gasteiger charge is -2.29. The van der Waals surface area contributed by atoms with Crippen molar-refractivity contribution < 1.29 is 14.3 Å². The molecule has 5 nitrogen and oxygen atoms in total. The van der Waals surface area contributed by atoms with Gasteiger partial charge in [0, 0.05) is 12.6 Å². The van der Waals surface area contributed by atoms with Gasteiger partial charge < -0.3 is 10.1 Å². The Kier molecular flexibility index (Phi) is 6.05. The summed E-state index contributed by atoms with van der Waals surface area (Å²) in [4.78, 5) is 26.1. The normalized spacial score (nSPS) is 21.8. The number of likely N-dealkylation sites (tertiary alicyclic amines) is 1. The van der Waals surface area contributed by atoms with E-state index in [2.05, 4.69) is 19.2 Å². The molecule has 1 heterocycles. The Hall–Kier alpha value is -1.26. The quantitative estimate of drug-likeness (QED) is 0.868. The average molecular weight is 298 g/mol.